The number of esters is 1. The van der Waals surface area contributed by atoms with E-state index in [4.69, 9.17) is 4.74 Å². The molecule has 4 rings (SSSR count). The van der Waals surface area contributed by atoms with Crippen molar-refractivity contribution in [1.29, 1.82) is 0 Å². The lowest BCUT2D eigenvalue weighted by molar-refractivity contribution is -0.384. The summed E-state index contributed by atoms with van der Waals surface area (Å²) < 4.78 is 18.1. The highest BCUT2D eigenvalue weighted by atomic mass is 32.2. The van der Waals surface area contributed by atoms with Crippen LogP contribution in [0.15, 0.2) is 66.4 Å². The Morgan fingerprint density at radius 1 is 1.12 bits per heavy atom. The number of fused-ring (bicyclic) bond motifs is 1. The Morgan fingerprint density at radius 2 is 1.79 bits per heavy atom. The molecule has 2 heterocycles. The molecule has 0 radical (unpaired) electrons. The van der Waals surface area contributed by atoms with E-state index in [1.165, 1.54) is 30.3 Å². The third kappa shape index (κ3) is 4.66. The molecule has 4 atom stereocenters. The molecule has 0 bridgehead atoms. The fourth-order valence-corrected chi connectivity index (χ4v) is 5.37. The second-order valence-electron chi connectivity index (χ2n) is 7.89. The Hall–Kier alpha value is -3.70. The molecule has 176 valence electrons. The maximum atomic E-state index is 12.8. The summed E-state index contributed by atoms with van der Waals surface area (Å²) in [4.78, 5) is 49.3. The van der Waals surface area contributed by atoms with Crippen LogP contribution >= 0.6 is 0 Å². The maximum Gasteiger partial charge on any atom is 0.355 e. The molecule has 2 aromatic rings. The molecule has 0 aromatic heterocycles. The monoisotopic (exact) mass is 483 g/mol. The van der Waals surface area contributed by atoms with Crippen molar-refractivity contribution < 1.29 is 28.6 Å². The summed E-state index contributed by atoms with van der Waals surface area (Å²) in [7, 11) is 0. The average molecular weight is 484 g/mol. The van der Waals surface area contributed by atoms with Crippen LogP contribution in [0.1, 0.15) is 18.1 Å². The van der Waals surface area contributed by atoms with E-state index in [1.54, 1.807) is 31.2 Å². The number of benzene rings is 2. The number of nitrogens with one attached hydrogen (secondary N) is 1. The van der Waals surface area contributed by atoms with Gasteiger partial charge in [0.15, 0.2) is 6.04 Å². The minimum absolute atomic E-state index is 0.0300. The zero-order valence-electron chi connectivity index (χ0n) is 18.1. The number of carbonyl (C=O) groups excluding carboxylic acids is 3. The van der Waals surface area contributed by atoms with Crippen molar-refractivity contribution in [2.24, 2.45) is 0 Å². The highest BCUT2D eigenvalue weighted by Gasteiger charge is 2.61. The summed E-state index contributed by atoms with van der Waals surface area (Å²) >= 11 is -1.53. The third-order valence-electron chi connectivity index (χ3n) is 5.55. The van der Waals surface area contributed by atoms with Gasteiger partial charge < -0.3 is 14.6 Å². The van der Waals surface area contributed by atoms with Gasteiger partial charge in [-0.25, -0.2) is 4.79 Å². The number of amides is 2. The lowest BCUT2D eigenvalue weighted by atomic mass is 10.0. The van der Waals surface area contributed by atoms with Crippen LogP contribution in [-0.2, 0) is 43.3 Å². The van der Waals surface area contributed by atoms with E-state index in [-0.39, 0.29) is 30.3 Å². The average Bonchev–Trinajstić information content (AvgIpc) is 2.83. The molecule has 2 aromatic carbocycles. The lowest BCUT2D eigenvalue weighted by Crippen LogP contribution is -2.75. The fourth-order valence-electron chi connectivity index (χ4n) is 3.79. The fraction of sp³-hybridized carbons (Fsp3) is 0.261. The molecule has 1 saturated heterocycles. The number of rotatable bonds is 7. The van der Waals surface area contributed by atoms with E-state index in [9.17, 15) is 29.1 Å². The highest BCUT2D eigenvalue weighted by Crippen LogP contribution is 2.37. The number of carbonyl (C=O) groups is 3. The number of nitro benzene ring substituents is 1. The Labute approximate surface area is 197 Å². The first-order valence-electron chi connectivity index (χ1n) is 10.4. The molecule has 2 aliphatic rings. The van der Waals surface area contributed by atoms with E-state index < -0.39 is 44.6 Å². The van der Waals surface area contributed by atoms with Crippen LogP contribution in [0.3, 0.4) is 0 Å². The number of ether oxygens (including phenoxy) is 1. The van der Waals surface area contributed by atoms with Crippen LogP contribution in [0.5, 0.6) is 0 Å². The zero-order valence-corrected chi connectivity index (χ0v) is 18.9. The van der Waals surface area contributed by atoms with Crippen molar-refractivity contribution in [2.45, 2.75) is 36.6 Å². The SMILES string of the molecule is CC1C=C(C(=O)OCc2ccc([N+](=O)[O-])cc2)N2C(=O)C(NC(=O)Cc3ccccc3)[C@H]2[S+]1[O-]. The molecule has 3 unspecified atom stereocenters. The minimum Gasteiger partial charge on any atom is -0.614 e. The van der Waals surface area contributed by atoms with E-state index in [2.05, 4.69) is 5.32 Å². The van der Waals surface area contributed by atoms with Crippen molar-refractivity contribution in [2.75, 3.05) is 0 Å². The summed E-state index contributed by atoms with van der Waals surface area (Å²) in [6.45, 7) is 1.50. The first-order chi connectivity index (χ1) is 16.3. The van der Waals surface area contributed by atoms with Crippen molar-refractivity contribution in [3.05, 3.63) is 87.6 Å². The van der Waals surface area contributed by atoms with Crippen LogP contribution in [0.2, 0.25) is 0 Å². The van der Waals surface area contributed by atoms with Crippen molar-refractivity contribution >= 4 is 34.6 Å². The molecule has 0 saturated carbocycles. The van der Waals surface area contributed by atoms with E-state index in [0.717, 1.165) is 10.5 Å². The van der Waals surface area contributed by atoms with Crippen molar-refractivity contribution in [3.8, 4) is 0 Å². The number of hydrogen-bond donors (Lipinski definition) is 1. The summed E-state index contributed by atoms with van der Waals surface area (Å²) in [5.41, 5.74) is 1.19. The van der Waals surface area contributed by atoms with Gasteiger partial charge in [0.2, 0.25) is 11.3 Å². The van der Waals surface area contributed by atoms with Crippen LogP contribution < -0.4 is 5.32 Å². The lowest BCUT2D eigenvalue weighted by Gasteiger charge is -2.49. The van der Waals surface area contributed by atoms with Gasteiger partial charge in [0.05, 0.1) is 11.3 Å². The first-order valence-corrected chi connectivity index (χ1v) is 11.7. The molecule has 0 aliphatic carbocycles. The number of non-ortho nitro benzene ring substituents is 1. The van der Waals surface area contributed by atoms with Crippen molar-refractivity contribution in [1.82, 2.24) is 10.2 Å². The van der Waals surface area contributed by atoms with Crippen LogP contribution in [0, 0.1) is 10.1 Å². The standard InChI is InChI=1S/C23H21N3O7S/c1-14-11-18(23(29)33-13-16-7-9-17(10-8-16)26(30)31)25-21(28)20(22(25)34(14)32)24-19(27)12-15-5-3-2-4-6-15/h2-11,14,20,22H,12-13H2,1H3,(H,24,27)/t14?,20?,22-,34?/m1/s1. The summed E-state index contributed by atoms with van der Waals surface area (Å²) in [6, 6.07) is 13.5. The Morgan fingerprint density at radius 3 is 2.44 bits per heavy atom. The number of nitro groups is 1. The first kappa shape index (κ1) is 23.5. The summed E-state index contributed by atoms with van der Waals surface area (Å²) in [5.74, 6) is -1.70. The normalized spacial score (nSPS) is 23.3. The maximum absolute atomic E-state index is 12.8. The van der Waals surface area contributed by atoms with E-state index in [1.807, 2.05) is 6.07 Å². The van der Waals surface area contributed by atoms with Gasteiger partial charge in [-0.2, -0.15) is 0 Å². The molecule has 2 amide bonds. The second kappa shape index (κ2) is 9.65. The Kier molecular flexibility index (Phi) is 6.66. The third-order valence-corrected chi connectivity index (χ3v) is 7.38. The Balaban J connectivity index is 1.41. The van der Waals surface area contributed by atoms with Crippen LogP contribution in [-0.4, -0.2) is 48.8 Å². The van der Waals surface area contributed by atoms with Crippen LogP contribution in [0.4, 0.5) is 5.69 Å². The van der Waals surface area contributed by atoms with E-state index >= 15 is 0 Å². The van der Waals surface area contributed by atoms with Crippen LogP contribution in [0.25, 0.3) is 0 Å². The smallest absolute Gasteiger partial charge is 0.355 e. The topological polar surface area (TPSA) is 142 Å². The van der Waals surface area contributed by atoms with Gasteiger partial charge in [0.1, 0.15) is 17.6 Å². The largest absolute Gasteiger partial charge is 0.614 e. The van der Waals surface area contributed by atoms with Gasteiger partial charge in [-0.05, 0) is 47.4 Å². The summed E-state index contributed by atoms with van der Waals surface area (Å²) in [5, 5.41) is 12.0. The highest BCUT2D eigenvalue weighted by molar-refractivity contribution is 7.93. The molecular weight excluding hydrogens is 462 g/mol. The summed E-state index contributed by atoms with van der Waals surface area (Å²) in [6.07, 6.45) is 1.49. The van der Waals surface area contributed by atoms with Gasteiger partial charge in [0.25, 0.3) is 11.6 Å². The van der Waals surface area contributed by atoms with Gasteiger partial charge in [-0.1, -0.05) is 30.3 Å². The number of hydrogen-bond acceptors (Lipinski definition) is 7. The predicted molar refractivity (Wildman–Crippen MR) is 121 cm³/mol. The molecule has 1 fully saturated rings. The zero-order chi connectivity index (χ0) is 24.4. The molecule has 1 N–H and O–H groups in total. The number of β-lactam (4-membered cyclic amide) rings is 1. The van der Waals surface area contributed by atoms with Gasteiger partial charge >= 0.3 is 5.97 Å². The Bertz CT molecular complexity index is 1150. The molecule has 2 aliphatic heterocycles. The molecule has 10 nitrogen and oxygen atoms in total. The van der Waals surface area contributed by atoms with Gasteiger partial charge in [-0.3, -0.25) is 24.6 Å². The molecule has 11 heteroatoms. The minimum atomic E-state index is -1.53. The molecule has 34 heavy (non-hydrogen) atoms. The van der Waals surface area contributed by atoms with Gasteiger partial charge in [0, 0.05) is 12.1 Å². The number of nitrogens with zero attached hydrogens (tertiary/aromatic N) is 2. The second-order valence-corrected chi connectivity index (χ2v) is 9.78. The van der Waals surface area contributed by atoms with Gasteiger partial charge in [-0.15, -0.1) is 0 Å². The quantitative estimate of drug-likeness (QED) is 0.207. The van der Waals surface area contributed by atoms with E-state index in [0.29, 0.717) is 5.56 Å². The predicted octanol–water partition coefficient (Wildman–Crippen LogP) is 1.57. The molecular formula is C23H21N3O7S. The molecule has 0 spiro atoms. The van der Waals surface area contributed by atoms with Crippen molar-refractivity contribution in [3.63, 3.8) is 0 Å².